The van der Waals surface area contributed by atoms with Crippen molar-refractivity contribution in [3.8, 4) is 0 Å². The Bertz CT molecular complexity index is 574. The Labute approximate surface area is 140 Å². The molecule has 1 heterocycles. The lowest BCUT2D eigenvalue weighted by Crippen LogP contribution is -2.47. The molecule has 0 radical (unpaired) electrons. The van der Waals surface area contributed by atoms with Gasteiger partial charge in [0.1, 0.15) is 0 Å². The summed E-state index contributed by atoms with van der Waals surface area (Å²) in [5.41, 5.74) is 1.97. The summed E-state index contributed by atoms with van der Waals surface area (Å²) in [5, 5.41) is 0. The van der Waals surface area contributed by atoms with Crippen molar-refractivity contribution < 1.29 is 18.0 Å². The van der Waals surface area contributed by atoms with Crippen molar-refractivity contribution in [1.82, 2.24) is 9.80 Å². The number of benzene rings is 1. The number of hydrogen-bond donors (Lipinski definition) is 0. The van der Waals surface area contributed by atoms with Crippen molar-refractivity contribution in [2.75, 3.05) is 39.1 Å². The molecule has 4 nitrogen and oxygen atoms in total. The molecule has 2 rings (SSSR count). The minimum Gasteiger partial charge on any atom is -0.377 e. The summed E-state index contributed by atoms with van der Waals surface area (Å²) < 4.78 is 38.0. The molecule has 1 fully saturated rings. The Hall–Kier alpha value is -1.76. The number of hydrogen-bond acceptors (Lipinski definition) is 3. The molecule has 0 aromatic heterocycles. The predicted molar refractivity (Wildman–Crippen MR) is 87.9 cm³/mol. The first-order chi connectivity index (χ1) is 11.2. The minimum atomic E-state index is -4.28. The van der Waals surface area contributed by atoms with Crippen LogP contribution in [0.15, 0.2) is 24.3 Å². The zero-order valence-corrected chi connectivity index (χ0v) is 14.3. The third-order valence-corrected chi connectivity index (χ3v) is 4.29. The topological polar surface area (TPSA) is 26.8 Å². The number of halogens is 3. The smallest absolute Gasteiger partial charge is 0.377 e. The van der Waals surface area contributed by atoms with Gasteiger partial charge < -0.3 is 9.80 Å². The SMILES string of the molecule is CN(Cc1ccccc1N(C)C)C(=O)C1CCCN1CC(F)(F)F. The largest absolute Gasteiger partial charge is 0.401 e. The number of likely N-dealkylation sites (tertiary alicyclic amines) is 1. The highest BCUT2D eigenvalue weighted by Crippen LogP contribution is 2.26. The number of nitrogens with zero attached hydrogens (tertiary/aromatic N) is 3. The summed E-state index contributed by atoms with van der Waals surface area (Å²) in [6.07, 6.45) is -3.18. The van der Waals surface area contributed by atoms with Gasteiger partial charge in [0.05, 0.1) is 12.6 Å². The Morgan fingerprint density at radius 1 is 1.25 bits per heavy atom. The van der Waals surface area contributed by atoms with Crippen LogP contribution in [-0.4, -0.2) is 62.2 Å². The number of anilines is 1. The van der Waals surface area contributed by atoms with E-state index < -0.39 is 18.8 Å². The Morgan fingerprint density at radius 3 is 2.54 bits per heavy atom. The third kappa shape index (κ3) is 4.63. The van der Waals surface area contributed by atoms with E-state index in [4.69, 9.17) is 0 Å². The van der Waals surface area contributed by atoms with Gasteiger partial charge in [0, 0.05) is 33.4 Å². The van der Waals surface area contributed by atoms with E-state index in [0.29, 0.717) is 25.9 Å². The lowest BCUT2D eigenvalue weighted by Gasteiger charge is -2.29. The minimum absolute atomic E-state index is 0.245. The summed E-state index contributed by atoms with van der Waals surface area (Å²) in [4.78, 5) is 17.4. The number of carbonyl (C=O) groups is 1. The number of alkyl halides is 3. The highest BCUT2D eigenvalue weighted by Gasteiger charge is 2.39. The highest BCUT2D eigenvalue weighted by atomic mass is 19.4. The quantitative estimate of drug-likeness (QED) is 0.823. The first-order valence-corrected chi connectivity index (χ1v) is 8.00. The summed E-state index contributed by atoms with van der Waals surface area (Å²) in [7, 11) is 5.49. The molecule has 0 bridgehead atoms. The maximum atomic E-state index is 12.7. The van der Waals surface area contributed by atoms with E-state index >= 15 is 0 Å². The van der Waals surface area contributed by atoms with Gasteiger partial charge in [-0.25, -0.2) is 0 Å². The van der Waals surface area contributed by atoms with Crippen LogP contribution in [0.3, 0.4) is 0 Å². The third-order valence-electron chi connectivity index (χ3n) is 4.29. The second-order valence-electron chi connectivity index (χ2n) is 6.46. The summed E-state index contributed by atoms with van der Waals surface area (Å²) in [6, 6.07) is 7.03. The Balaban J connectivity index is 2.07. The second-order valence-corrected chi connectivity index (χ2v) is 6.46. The van der Waals surface area contributed by atoms with E-state index in [-0.39, 0.29) is 5.91 Å². The van der Waals surface area contributed by atoms with Gasteiger partial charge in [0.2, 0.25) is 5.91 Å². The van der Waals surface area contributed by atoms with Gasteiger partial charge in [-0.1, -0.05) is 18.2 Å². The van der Waals surface area contributed by atoms with Crippen LogP contribution in [0.1, 0.15) is 18.4 Å². The molecule has 134 valence electrons. The van der Waals surface area contributed by atoms with Crippen molar-refractivity contribution in [2.24, 2.45) is 0 Å². The fraction of sp³-hybridized carbons (Fsp3) is 0.588. The number of rotatable bonds is 5. The van der Waals surface area contributed by atoms with E-state index in [1.54, 1.807) is 7.05 Å². The van der Waals surface area contributed by atoms with Crippen LogP contribution >= 0.6 is 0 Å². The van der Waals surface area contributed by atoms with Crippen LogP contribution in [0.25, 0.3) is 0 Å². The molecule has 24 heavy (non-hydrogen) atoms. The fourth-order valence-electron chi connectivity index (χ4n) is 3.19. The summed E-state index contributed by atoms with van der Waals surface area (Å²) in [6.45, 7) is -0.326. The van der Waals surface area contributed by atoms with E-state index in [2.05, 4.69) is 0 Å². The first-order valence-electron chi connectivity index (χ1n) is 8.00. The maximum absolute atomic E-state index is 12.7. The van der Waals surface area contributed by atoms with Gasteiger partial charge >= 0.3 is 6.18 Å². The highest BCUT2D eigenvalue weighted by molar-refractivity contribution is 5.82. The van der Waals surface area contributed by atoms with Gasteiger partial charge in [0.25, 0.3) is 0 Å². The molecular formula is C17H24F3N3O. The van der Waals surface area contributed by atoms with Crippen LogP contribution in [-0.2, 0) is 11.3 Å². The molecule has 7 heteroatoms. The van der Waals surface area contributed by atoms with Gasteiger partial charge in [-0.05, 0) is 31.0 Å². The lowest BCUT2D eigenvalue weighted by molar-refractivity contribution is -0.154. The average molecular weight is 343 g/mol. The lowest BCUT2D eigenvalue weighted by atomic mass is 10.1. The van der Waals surface area contributed by atoms with Crippen LogP contribution in [0.2, 0.25) is 0 Å². The number of likely N-dealkylation sites (N-methyl/N-ethyl adjacent to an activating group) is 1. The first kappa shape index (κ1) is 18.6. The van der Waals surface area contributed by atoms with Crippen LogP contribution < -0.4 is 4.90 Å². The molecule has 0 spiro atoms. The van der Waals surface area contributed by atoms with E-state index in [0.717, 1.165) is 11.3 Å². The van der Waals surface area contributed by atoms with Crippen molar-refractivity contribution >= 4 is 11.6 Å². The molecule has 1 aliphatic heterocycles. The van der Waals surface area contributed by atoms with Crippen molar-refractivity contribution in [3.63, 3.8) is 0 Å². The molecule has 1 saturated heterocycles. The maximum Gasteiger partial charge on any atom is 0.401 e. The molecule has 1 aromatic carbocycles. The van der Waals surface area contributed by atoms with Crippen LogP contribution in [0, 0.1) is 0 Å². The number of amides is 1. The zero-order chi connectivity index (χ0) is 17.9. The molecule has 0 N–H and O–H groups in total. The van der Waals surface area contributed by atoms with E-state index in [1.165, 1.54) is 9.80 Å². The number of carbonyl (C=O) groups excluding carboxylic acids is 1. The molecule has 1 aliphatic rings. The zero-order valence-electron chi connectivity index (χ0n) is 14.3. The molecular weight excluding hydrogens is 319 g/mol. The molecule has 1 atom stereocenters. The second kappa shape index (κ2) is 7.42. The van der Waals surface area contributed by atoms with Crippen molar-refractivity contribution in [1.29, 1.82) is 0 Å². The van der Waals surface area contributed by atoms with E-state index in [9.17, 15) is 18.0 Å². The predicted octanol–water partition coefficient (Wildman–Crippen LogP) is 2.74. The van der Waals surface area contributed by atoms with Gasteiger partial charge in [-0.3, -0.25) is 9.69 Å². The monoisotopic (exact) mass is 343 g/mol. The summed E-state index contributed by atoms with van der Waals surface area (Å²) in [5.74, 6) is -0.245. The molecule has 0 aliphatic carbocycles. The number of para-hydroxylation sites is 1. The summed E-state index contributed by atoms with van der Waals surface area (Å²) >= 11 is 0. The van der Waals surface area contributed by atoms with Crippen molar-refractivity contribution in [2.45, 2.75) is 31.6 Å². The van der Waals surface area contributed by atoms with Gasteiger partial charge in [-0.15, -0.1) is 0 Å². The Kier molecular flexibility index (Phi) is 5.74. The Morgan fingerprint density at radius 2 is 1.92 bits per heavy atom. The normalized spacial score (nSPS) is 18.7. The standard InChI is InChI=1S/C17H24F3N3O/c1-21(2)14-8-5-4-7-13(14)11-22(3)16(24)15-9-6-10-23(15)12-17(18,19)20/h4-5,7-8,15H,6,9-12H2,1-3H3. The molecule has 1 aromatic rings. The van der Waals surface area contributed by atoms with Gasteiger partial charge in [-0.2, -0.15) is 13.2 Å². The molecule has 0 saturated carbocycles. The van der Waals surface area contributed by atoms with Crippen molar-refractivity contribution in [3.05, 3.63) is 29.8 Å². The average Bonchev–Trinajstić information content (AvgIpc) is 2.92. The van der Waals surface area contributed by atoms with Gasteiger partial charge in [0.15, 0.2) is 0 Å². The van der Waals surface area contributed by atoms with E-state index in [1.807, 2.05) is 43.3 Å². The van der Waals surface area contributed by atoms with Crippen LogP contribution in [0.5, 0.6) is 0 Å². The molecule has 1 amide bonds. The van der Waals surface area contributed by atoms with Crippen LogP contribution in [0.4, 0.5) is 18.9 Å². The molecule has 1 unspecified atom stereocenters. The fourth-order valence-corrected chi connectivity index (χ4v) is 3.19.